The summed E-state index contributed by atoms with van der Waals surface area (Å²) in [6.07, 6.45) is 5.96. The Balaban J connectivity index is 1.85. The first-order chi connectivity index (χ1) is 10.6. The number of amides is 2. The normalized spacial score (nSPS) is 18.3. The third kappa shape index (κ3) is 4.13. The van der Waals surface area contributed by atoms with Crippen molar-refractivity contribution >= 4 is 17.5 Å². The summed E-state index contributed by atoms with van der Waals surface area (Å²) in [6, 6.07) is 4.97. The van der Waals surface area contributed by atoms with Crippen molar-refractivity contribution in [1.29, 1.82) is 0 Å². The molecule has 1 atom stereocenters. The summed E-state index contributed by atoms with van der Waals surface area (Å²) in [4.78, 5) is 25.5. The molecule has 1 fully saturated rings. The lowest BCUT2D eigenvalue weighted by molar-refractivity contribution is -0.121. The maximum Gasteiger partial charge on any atom is 0.251 e. The highest BCUT2D eigenvalue weighted by Crippen LogP contribution is 2.23. The van der Waals surface area contributed by atoms with Crippen LogP contribution in [0.1, 0.15) is 45.4 Å². The van der Waals surface area contributed by atoms with E-state index < -0.39 is 6.04 Å². The van der Waals surface area contributed by atoms with Crippen LogP contribution in [0.5, 0.6) is 0 Å². The molecule has 1 N–H and O–H groups in total. The molecule has 1 aromatic carbocycles. The molecular weight excluding hydrogens is 283 g/mol. The lowest BCUT2D eigenvalue weighted by atomic mass is 10.1. The van der Waals surface area contributed by atoms with E-state index in [0.717, 1.165) is 24.3 Å². The minimum Gasteiger partial charge on any atom is -0.305 e. The van der Waals surface area contributed by atoms with Crippen LogP contribution in [-0.4, -0.2) is 24.4 Å². The number of unbranched alkanes of at least 4 members (excludes halogenated alkanes) is 4. The molecule has 1 aliphatic heterocycles. The van der Waals surface area contributed by atoms with Crippen LogP contribution in [0.3, 0.4) is 0 Å². The average molecular weight is 306 g/mol. The summed E-state index contributed by atoms with van der Waals surface area (Å²) < 4.78 is 12.9. The van der Waals surface area contributed by atoms with Gasteiger partial charge in [0.05, 0.1) is 18.2 Å². The number of rotatable bonds is 8. The number of halogens is 1. The van der Waals surface area contributed by atoms with Crippen molar-refractivity contribution in [2.24, 2.45) is 0 Å². The van der Waals surface area contributed by atoms with Crippen molar-refractivity contribution in [3.8, 4) is 0 Å². The highest BCUT2D eigenvalue weighted by molar-refractivity contribution is 6.22. The molecule has 1 aliphatic rings. The van der Waals surface area contributed by atoms with Gasteiger partial charge in [0.1, 0.15) is 5.82 Å². The number of benzene rings is 1. The predicted molar refractivity (Wildman–Crippen MR) is 84.1 cm³/mol. The van der Waals surface area contributed by atoms with Gasteiger partial charge in [0.2, 0.25) is 5.91 Å². The smallest absolute Gasteiger partial charge is 0.251 e. The molecule has 0 radical (unpaired) electrons. The molecule has 0 spiro atoms. The predicted octanol–water partition coefficient (Wildman–Crippen LogP) is 3.02. The molecule has 0 aromatic heterocycles. The van der Waals surface area contributed by atoms with Crippen LogP contribution in [0.4, 0.5) is 10.1 Å². The molecule has 2 amide bonds. The molecule has 0 aliphatic carbocycles. The standard InChI is InChI=1S/C17H23FN2O2/c1-2-3-4-5-6-11-19-15-12-16(21)20(17(15)22)14-9-7-13(18)8-10-14/h7-10,15,19H,2-6,11-12H2,1H3/t15-/m0/s1. The quantitative estimate of drug-likeness (QED) is 0.593. The van der Waals surface area contributed by atoms with Gasteiger partial charge in [0, 0.05) is 0 Å². The Hall–Kier alpha value is -1.75. The Morgan fingerprint density at radius 1 is 1.14 bits per heavy atom. The van der Waals surface area contributed by atoms with Crippen molar-refractivity contribution in [2.45, 2.75) is 51.5 Å². The third-order valence-electron chi connectivity index (χ3n) is 3.90. The zero-order valence-corrected chi connectivity index (χ0v) is 13.0. The summed E-state index contributed by atoms with van der Waals surface area (Å²) in [5.74, 6) is -0.866. The molecule has 22 heavy (non-hydrogen) atoms. The number of hydrogen-bond acceptors (Lipinski definition) is 3. The van der Waals surface area contributed by atoms with E-state index in [0.29, 0.717) is 5.69 Å². The lowest BCUT2D eigenvalue weighted by Gasteiger charge is -2.15. The van der Waals surface area contributed by atoms with Crippen molar-refractivity contribution in [2.75, 3.05) is 11.4 Å². The third-order valence-corrected chi connectivity index (χ3v) is 3.90. The van der Waals surface area contributed by atoms with Gasteiger partial charge in [0.25, 0.3) is 5.91 Å². The Labute approximate surface area is 130 Å². The van der Waals surface area contributed by atoms with E-state index in [9.17, 15) is 14.0 Å². The summed E-state index contributed by atoms with van der Waals surface area (Å²) in [6.45, 7) is 2.91. The molecule has 0 unspecified atom stereocenters. The maximum atomic E-state index is 12.9. The van der Waals surface area contributed by atoms with E-state index in [2.05, 4.69) is 12.2 Å². The minimum absolute atomic E-state index is 0.172. The van der Waals surface area contributed by atoms with Crippen LogP contribution in [-0.2, 0) is 9.59 Å². The summed E-state index contributed by atoms with van der Waals surface area (Å²) in [5.41, 5.74) is 0.434. The number of nitrogens with one attached hydrogen (secondary N) is 1. The van der Waals surface area contributed by atoms with Crippen molar-refractivity contribution < 1.29 is 14.0 Å². The summed E-state index contributed by atoms with van der Waals surface area (Å²) >= 11 is 0. The van der Waals surface area contributed by atoms with Crippen molar-refractivity contribution in [3.63, 3.8) is 0 Å². The molecule has 5 heteroatoms. The number of carbonyl (C=O) groups is 2. The molecule has 1 saturated heterocycles. The fraction of sp³-hybridized carbons (Fsp3) is 0.529. The van der Waals surface area contributed by atoms with E-state index in [4.69, 9.17) is 0 Å². The van der Waals surface area contributed by atoms with Crippen LogP contribution >= 0.6 is 0 Å². The second kappa shape index (κ2) is 8.03. The van der Waals surface area contributed by atoms with Gasteiger partial charge in [-0.05, 0) is 37.2 Å². The van der Waals surface area contributed by atoms with Crippen LogP contribution in [0.2, 0.25) is 0 Å². The zero-order chi connectivity index (χ0) is 15.9. The Bertz CT molecular complexity index is 516. The molecular formula is C17H23FN2O2. The fourth-order valence-electron chi connectivity index (χ4n) is 2.66. The van der Waals surface area contributed by atoms with E-state index in [1.165, 1.54) is 43.5 Å². The molecule has 2 rings (SSSR count). The van der Waals surface area contributed by atoms with Crippen LogP contribution in [0.25, 0.3) is 0 Å². The first kappa shape index (κ1) is 16.6. The van der Waals surface area contributed by atoms with Gasteiger partial charge in [-0.25, -0.2) is 9.29 Å². The number of nitrogens with zero attached hydrogens (tertiary/aromatic N) is 1. The largest absolute Gasteiger partial charge is 0.305 e. The number of anilines is 1. The molecule has 4 nitrogen and oxygen atoms in total. The molecule has 0 saturated carbocycles. The Morgan fingerprint density at radius 2 is 1.82 bits per heavy atom. The highest BCUT2D eigenvalue weighted by atomic mass is 19.1. The Morgan fingerprint density at radius 3 is 2.50 bits per heavy atom. The van der Waals surface area contributed by atoms with Gasteiger partial charge in [-0.15, -0.1) is 0 Å². The van der Waals surface area contributed by atoms with E-state index in [1.54, 1.807) is 0 Å². The van der Waals surface area contributed by atoms with Gasteiger partial charge in [-0.2, -0.15) is 0 Å². The molecule has 1 heterocycles. The lowest BCUT2D eigenvalue weighted by Crippen LogP contribution is -2.39. The topological polar surface area (TPSA) is 49.4 Å². The van der Waals surface area contributed by atoms with Crippen molar-refractivity contribution in [1.82, 2.24) is 5.32 Å². The average Bonchev–Trinajstić information content (AvgIpc) is 2.78. The fourth-order valence-corrected chi connectivity index (χ4v) is 2.66. The van der Waals surface area contributed by atoms with Crippen molar-refractivity contribution in [3.05, 3.63) is 30.1 Å². The first-order valence-electron chi connectivity index (χ1n) is 7.99. The molecule has 120 valence electrons. The first-order valence-corrected chi connectivity index (χ1v) is 7.99. The van der Waals surface area contributed by atoms with E-state index in [-0.39, 0.29) is 24.1 Å². The van der Waals surface area contributed by atoms with Gasteiger partial charge in [-0.3, -0.25) is 9.59 Å². The summed E-state index contributed by atoms with van der Waals surface area (Å²) in [7, 11) is 0. The van der Waals surface area contributed by atoms with Gasteiger partial charge >= 0.3 is 0 Å². The van der Waals surface area contributed by atoms with Crippen LogP contribution in [0.15, 0.2) is 24.3 Å². The van der Waals surface area contributed by atoms with Gasteiger partial charge in [0.15, 0.2) is 0 Å². The second-order valence-corrected chi connectivity index (χ2v) is 5.67. The Kier molecular flexibility index (Phi) is 6.07. The molecule has 1 aromatic rings. The van der Waals surface area contributed by atoms with E-state index in [1.807, 2.05) is 0 Å². The zero-order valence-electron chi connectivity index (χ0n) is 13.0. The highest BCUT2D eigenvalue weighted by Gasteiger charge is 2.38. The second-order valence-electron chi connectivity index (χ2n) is 5.67. The van der Waals surface area contributed by atoms with E-state index >= 15 is 0 Å². The SMILES string of the molecule is CCCCCCCN[C@H]1CC(=O)N(c2ccc(F)cc2)C1=O. The maximum absolute atomic E-state index is 12.9. The number of hydrogen-bond donors (Lipinski definition) is 1. The van der Waals surface area contributed by atoms with Gasteiger partial charge in [-0.1, -0.05) is 32.6 Å². The summed E-state index contributed by atoms with van der Waals surface area (Å²) in [5, 5.41) is 3.16. The number of imide groups is 1. The minimum atomic E-state index is -0.455. The molecule has 0 bridgehead atoms. The van der Waals surface area contributed by atoms with Crippen LogP contribution < -0.4 is 10.2 Å². The van der Waals surface area contributed by atoms with Crippen LogP contribution in [0, 0.1) is 5.82 Å². The monoisotopic (exact) mass is 306 g/mol. The van der Waals surface area contributed by atoms with Gasteiger partial charge < -0.3 is 5.32 Å². The number of carbonyl (C=O) groups excluding carboxylic acids is 2.